The molecular weight excluding hydrogens is 526 g/mol. The third-order valence-electron chi connectivity index (χ3n) is 8.08. The van der Waals surface area contributed by atoms with Crippen molar-refractivity contribution in [1.82, 2.24) is 19.4 Å². The highest BCUT2D eigenvalue weighted by Gasteiger charge is 2.30. The molecule has 7 nitrogen and oxygen atoms in total. The minimum Gasteiger partial charge on any atom is -0.385 e. The number of aromatic amines is 1. The molecule has 9 heteroatoms. The molecule has 1 aliphatic rings. The summed E-state index contributed by atoms with van der Waals surface area (Å²) in [6.45, 7) is 4.33. The number of aromatic nitrogens is 3. The number of hydrogen-bond donors (Lipinski definition) is 1. The molecule has 0 spiro atoms. The molecule has 1 amide bonds. The van der Waals surface area contributed by atoms with E-state index >= 15 is 4.39 Å². The topological polar surface area (TPSA) is 80.2 Å². The van der Waals surface area contributed by atoms with Crippen molar-refractivity contribution >= 4 is 16.8 Å². The van der Waals surface area contributed by atoms with Crippen LogP contribution >= 0.6 is 0 Å². The van der Waals surface area contributed by atoms with Crippen molar-refractivity contribution in [2.45, 2.75) is 57.9 Å². The van der Waals surface area contributed by atoms with Crippen molar-refractivity contribution in [1.29, 1.82) is 0 Å². The first-order chi connectivity index (χ1) is 19.9. The Morgan fingerprint density at radius 1 is 1.15 bits per heavy atom. The van der Waals surface area contributed by atoms with Crippen LogP contribution in [0.15, 0.2) is 53.6 Å². The highest BCUT2D eigenvalue weighted by Crippen LogP contribution is 2.37. The number of fused-ring (bicyclic) bond motifs is 1. The fourth-order valence-corrected chi connectivity index (χ4v) is 6.11. The molecule has 0 radical (unpaired) electrons. The van der Waals surface area contributed by atoms with Gasteiger partial charge < -0.3 is 19.2 Å². The van der Waals surface area contributed by atoms with Gasteiger partial charge in [-0.15, -0.1) is 0 Å². The molecule has 2 aromatic carbocycles. The maximum Gasteiger partial charge on any atom is 0.344 e. The van der Waals surface area contributed by atoms with Crippen LogP contribution in [0.1, 0.15) is 54.8 Å². The number of nitrogens with one attached hydrogen (secondary N) is 1. The summed E-state index contributed by atoms with van der Waals surface area (Å²) < 4.78 is 36.4. The summed E-state index contributed by atoms with van der Waals surface area (Å²) in [6, 6.07) is 10.4. The van der Waals surface area contributed by atoms with E-state index in [1.165, 1.54) is 6.07 Å². The molecule has 1 atom stereocenters. The maximum atomic E-state index is 15.0. The SMILES string of the molecule is COCCCn1c(C2CCCN(C(=O)CCCc3ccc(-c4cnc(=O)[nH]c4)cc3)C2)c(C)c2cc(F)cc(F)c21. The lowest BCUT2D eigenvalue weighted by molar-refractivity contribution is -0.132. The number of ether oxygens (including phenoxy) is 1. The largest absolute Gasteiger partial charge is 0.385 e. The van der Waals surface area contributed by atoms with Gasteiger partial charge in [-0.05, 0) is 61.8 Å². The van der Waals surface area contributed by atoms with Crippen LogP contribution in [0.25, 0.3) is 22.0 Å². The Labute approximate surface area is 238 Å². The number of methoxy groups -OCH3 is 1. The summed E-state index contributed by atoms with van der Waals surface area (Å²) in [4.78, 5) is 32.7. The molecule has 41 heavy (non-hydrogen) atoms. The van der Waals surface area contributed by atoms with Crippen LogP contribution in [-0.4, -0.2) is 52.1 Å². The first kappa shape index (κ1) is 28.7. The second-order valence-electron chi connectivity index (χ2n) is 10.8. The van der Waals surface area contributed by atoms with Gasteiger partial charge in [0.1, 0.15) is 11.6 Å². The average molecular weight is 563 g/mol. The number of likely N-dealkylation sites (tertiary alicyclic amines) is 1. The molecule has 1 fully saturated rings. The number of carbonyl (C=O) groups excluding carboxylic acids is 1. The van der Waals surface area contributed by atoms with Crippen molar-refractivity contribution < 1.29 is 18.3 Å². The van der Waals surface area contributed by atoms with E-state index in [4.69, 9.17) is 4.74 Å². The van der Waals surface area contributed by atoms with E-state index in [0.29, 0.717) is 50.0 Å². The van der Waals surface area contributed by atoms with Crippen molar-refractivity contribution in [2.24, 2.45) is 0 Å². The van der Waals surface area contributed by atoms with Gasteiger partial charge in [0, 0.05) is 80.8 Å². The van der Waals surface area contributed by atoms with Crippen LogP contribution in [0, 0.1) is 18.6 Å². The molecule has 0 bridgehead atoms. The Bertz CT molecular complexity index is 1560. The number of piperidine rings is 1. The van der Waals surface area contributed by atoms with E-state index in [0.717, 1.165) is 59.7 Å². The standard InChI is InChI=1S/C32H36F2N4O3/c1-21-27-16-26(33)17-28(34)31(27)38(14-5-15-41-2)30(21)24-7-4-13-37(20-24)29(39)8-3-6-22-9-11-23(12-10-22)25-18-35-32(40)36-19-25/h9-12,16-19,24H,3-8,13-15,20H2,1-2H3,(H,35,36,40). The zero-order chi connectivity index (χ0) is 28.9. The van der Waals surface area contributed by atoms with E-state index in [-0.39, 0.29) is 17.5 Å². The van der Waals surface area contributed by atoms with Gasteiger partial charge in [0.2, 0.25) is 5.91 Å². The first-order valence-electron chi connectivity index (χ1n) is 14.2. The van der Waals surface area contributed by atoms with Crippen molar-refractivity contribution in [2.75, 3.05) is 26.8 Å². The quantitative estimate of drug-likeness (QED) is 0.250. The van der Waals surface area contributed by atoms with E-state index < -0.39 is 11.6 Å². The number of benzene rings is 2. The lowest BCUT2D eigenvalue weighted by Crippen LogP contribution is -2.39. The summed E-state index contributed by atoms with van der Waals surface area (Å²) in [6.07, 6.45) is 7.64. The van der Waals surface area contributed by atoms with Crippen LogP contribution in [-0.2, 0) is 22.5 Å². The average Bonchev–Trinajstić information content (AvgIpc) is 3.25. The van der Waals surface area contributed by atoms with Gasteiger partial charge in [-0.1, -0.05) is 24.3 Å². The predicted octanol–water partition coefficient (Wildman–Crippen LogP) is 5.74. The van der Waals surface area contributed by atoms with Gasteiger partial charge in [-0.25, -0.2) is 18.6 Å². The zero-order valence-corrected chi connectivity index (χ0v) is 23.6. The van der Waals surface area contributed by atoms with Crippen LogP contribution in [0.2, 0.25) is 0 Å². The van der Waals surface area contributed by atoms with Crippen LogP contribution in [0.5, 0.6) is 0 Å². The van der Waals surface area contributed by atoms with Crippen LogP contribution < -0.4 is 5.69 Å². The van der Waals surface area contributed by atoms with Crippen molar-refractivity contribution in [3.05, 3.63) is 87.7 Å². The number of H-pyrrole nitrogens is 1. The van der Waals surface area contributed by atoms with Gasteiger partial charge in [-0.2, -0.15) is 0 Å². The van der Waals surface area contributed by atoms with E-state index in [1.54, 1.807) is 19.5 Å². The zero-order valence-electron chi connectivity index (χ0n) is 23.6. The summed E-state index contributed by atoms with van der Waals surface area (Å²) in [5, 5.41) is 0.598. The summed E-state index contributed by atoms with van der Waals surface area (Å²) >= 11 is 0. The smallest absolute Gasteiger partial charge is 0.344 e. The molecule has 0 saturated carbocycles. The highest BCUT2D eigenvalue weighted by molar-refractivity contribution is 5.86. The number of nitrogens with zero attached hydrogens (tertiary/aromatic N) is 3. The lowest BCUT2D eigenvalue weighted by Gasteiger charge is -2.34. The molecule has 4 aromatic rings. The molecule has 1 saturated heterocycles. The van der Waals surface area contributed by atoms with Crippen molar-refractivity contribution in [3.8, 4) is 11.1 Å². The molecule has 1 unspecified atom stereocenters. The minimum absolute atomic E-state index is 0.0556. The van der Waals surface area contributed by atoms with E-state index in [1.807, 2.05) is 40.7 Å². The molecular formula is C32H36F2N4O3. The Kier molecular flexibility index (Phi) is 8.93. The Morgan fingerprint density at radius 3 is 2.68 bits per heavy atom. The number of carbonyl (C=O) groups is 1. The lowest BCUT2D eigenvalue weighted by atomic mass is 9.91. The predicted molar refractivity (Wildman–Crippen MR) is 155 cm³/mol. The molecule has 0 aliphatic carbocycles. The first-order valence-corrected chi connectivity index (χ1v) is 14.2. The monoisotopic (exact) mass is 562 g/mol. The Balaban J connectivity index is 1.24. The summed E-state index contributed by atoms with van der Waals surface area (Å²) in [5.41, 5.74) is 4.88. The van der Waals surface area contributed by atoms with E-state index in [2.05, 4.69) is 9.97 Å². The van der Waals surface area contributed by atoms with Gasteiger partial charge in [-0.3, -0.25) is 4.79 Å². The number of rotatable bonds is 10. The number of hydrogen-bond acceptors (Lipinski definition) is 4. The van der Waals surface area contributed by atoms with E-state index in [9.17, 15) is 14.0 Å². The third kappa shape index (κ3) is 6.40. The number of amides is 1. The fourth-order valence-electron chi connectivity index (χ4n) is 6.11. The molecule has 5 rings (SSSR count). The van der Waals surface area contributed by atoms with Crippen molar-refractivity contribution in [3.63, 3.8) is 0 Å². The maximum absolute atomic E-state index is 15.0. The van der Waals surface area contributed by atoms with Crippen LogP contribution in [0.4, 0.5) is 8.78 Å². The van der Waals surface area contributed by atoms with Gasteiger partial charge in [0.05, 0.1) is 5.52 Å². The Morgan fingerprint density at radius 2 is 1.95 bits per heavy atom. The fraction of sp³-hybridized carbons (Fsp3) is 0.406. The van der Waals surface area contributed by atoms with Gasteiger partial charge >= 0.3 is 5.69 Å². The molecule has 2 aromatic heterocycles. The van der Waals surface area contributed by atoms with Crippen LogP contribution in [0.3, 0.4) is 0 Å². The number of aryl methyl sites for hydroxylation is 3. The summed E-state index contributed by atoms with van der Waals surface area (Å²) in [7, 11) is 1.64. The molecule has 1 aliphatic heterocycles. The number of halogens is 2. The van der Waals surface area contributed by atoms with Gasteiger partial charge in [0.15, 0.2) is 0 Å². The minimum atomic E-state index is -0.581. The normalized spacial score (nSPS) is 15.5. The molecule has 1 N–H and O–H groups in total. The molecule has 216 valence electrons. The second kappa shape index (κ2) is 12.8. The highest BCUT2D eigenvalue weighted by atomic mass is 19.1. The summed E-state index contributed by atoms with van der Waals surface area (Å²) in [5.74, 6) is -0.955. The third-order valence-corrected chi connectivity index (χ3v) is 8.08. The Hall–Kier alpha value is -3.85. The molecule has 3 heterocycles. The second-order valence-corrected chi connectivity index (χ2v) is 10.8. The van der Waals surface area contributed by atoms with Gasteiger partial charge in [0.25, 0.3) is 0 Å².